The third-order valence-corrected chi connectivity index (χ3v) is 2.19. The molecule has 3 heteroatoms. The number of rotatable bonds is 6. The first-order chi connectivity index (χ1) is 6.11. The first-order valence-corrected chi connectivity index (χ1v) is 4.89. The lowest BCUT2D eigenvalue weighted by Gasteiger charge is -2.14. The molecule has 0 spiro atoms. The molecule has 0 aromatic rings. The summed E-state index contributed by atoms with van der Waals surface area (Å²) in [5.41, 5.74) is 0. The van der Waals surface area contributed by atoms with Crippen LogP contribution in [0.2, 0.25) is 0 Å². The summed E-state index contributed by atoms with van der Waals surface area (Å²) in [4.78, 5) is 11.2. The van der Waals surface area contributed by atoms with Gasteiger partial charge in [0.15, 0.2) is 0 Å². The Hall–Kier alpha value is -0.570. The third kappa shape index (κ3) is 5.64. The lowest BCUT2D eigenvalue weighted by atomic mass is 9.95. The van der Waals surface area contributed by atoms with Gasteiger partial charge in [0, 0.05) is 0 Å². The van der Waals surface area contributed by atoms with Crippen LogP contribution >= 0.6 is 0 Å². The molecule has 0 fully saturated rings. The van der Waals surface area contributed by atoms with E-state index in [0.29, 0.717) is 5.92 Å². The van der Waals surface area contributed by atoms with Crippen molar-refractivity contribution in [2.45, 2.75) is 33.6 Å². The fourth-order valence-corrected chi connectivity index (χ4v) is 1.15. The van der Waals surface area contributed by atoms with Gasteiger partial charge in [-0.05, 0) is 12.3 Å². The van der Waals surface area contributed by atoms with Crippen LogP contribution in [0, 0.1) is 11.8 Å². The van der Waals surface area contributed by atoms with Gasteiger partial charge in [0.2, 0.25) is 0 Å². The zero-order valence-corrected chi connectivity index (χ0v) is 8.75. The van der Waals surface area contributed by atoms with E-state index in [1.807, 2.05) is 6.92 Å². The van der Waals surface area contributed by atoms with Gasteiger partial charge in [0.1, 0.15) is 6.61 Å². The van der Waals surface area contributed by atoms with Crippen LogP contribution in [0.3, 0.4) is 0 Å². The van der Waals surface area contributed by atoms with Crippen molar-refractivity contribution >= 4 is 5.97 Å². The molecule has 1 N–H and O–H groups in total. The smallest absolute Gasteiger partial charge is 0.308 e. The summed E-state index contributed by atoms with van der Waals surface area (Å²) in [5.74, 6) is 0.299. The number of aliphatic hydroxyl groups excluding tert-OH is 1. The fraction of sp³-hybridized carbons (Fsp3) is 0.900. The van der Waals surface area contributed by atoms with E-state index in [2.05, 4.69) is 13.8 Å². The second-order valence-corrected chi connectivity index (χ2v) is 3.54. The highest BCUT2D eigenvalue weighted by Gasteiger charge is 2.16. The van der Waals surface area contributed by atoms with Crippen molar-refractivity contribution in [2.24, 2.45) is 11.8 Å². The van der Waals surface area contributed by atoms with Crippen LogP contribution in [-0.4, -0.2) is 24.3 Å². The molecule has 0 aliphatic carbocycles. The molecule has 2 atom stereocenters. The van der Waals surface area contributed by atoms with Crippen LogP contribution in [0.15, 0.2) is 0 Å². The van der Waals surface area contributed by atoms with E-state index < -0.39 is 0 Å². The van der Waals surface area contributed by atoms with Crippen molar-refractivity contribution in [3.63, 3.8) is 0 Å². The molecule has 0 amide bonds. The summed E-state index contributed by atoms with van der Waals surface area (Å²) >= 11 is 0. The van der Waals surface area contributed by atoms with Crippen LogP contribution in [-0.2, 0) is 9.53 Å². The van der Waals surface area contributed by atoms with E-state index in [1.54, 1.807) is 0 Å². The number of aliphatic hydroxyl groups is 1. The van der Waals surface area contributed by atoms with Gasteiger partial charge < -0.3 is 9.84 Å². The highest BCUT2D eigenvalue weighted by molar-refractivity contribution is 5.71. The SMILES string of the molecule is CCC(C)CC(C)C(=O)OCCO. The maximum Gasteiger partial charge on any atom is 0.308 e. The summed E-state index contributed by atoms with van der Waals surface area (Å²) in [6.07, 6.45) is 1.94. The fourth-order valence-electron chi connectivity index (χ4n) is 1.15. The monoisotopic (exact) mass is 188 g/mol. The second-order valence-electron chi connectivity index (χ2n) is 3.54. The van der Waals surface area contributed by atoms with Gasteiger partial charge in [-0.1, -0.05) is 27.2 Å². The minimum atomic E-state index is -0.200. The van der Waals surface area contributed by atoms with Crippen molar-refractivity contribution < 1.29 is 14.6 Å². The number of carbonyl (C=O) groups is 1. The Balaban J connectivity index is 3.68. The lowest BCUT2D eigenvalue weighted by molar-refractivity contribution is -0.149. The Labute approximate surface area is 80.1 Å². The van der Waals surface area contributed by atoms with Crippen molar-refractivity contribution in [1.29, 1.82) is 0 Å². The largest absolute Gasteiger partial charge is 0.463 e. The molecule has 2 unspecified atom stereocenters. The van der Waals surface area contributed by atoms with Gasteiger partial charge in [-0.15, -0.1) is 0 Å². The molecule has 0 aromatic heterocycles. The quantitative estimate of drug-likeness (QED) is 0.644. The summed E-state index contributed by atoms with van der Waals surface area (Å²) in [5, 5.41) is 8.45. The molecule has 0 aliphatic heterocycles. The van der Waals surface area contributed by atoms with Crippen LogP contribution < -0.4 is 0 Å². The van der Waals surface area contributed by atoms with Gasteiger partial charge in [-0.3, -0.25) is 4.79 Å². The lowest BCUT2D eigenvalue weighted by Crippen LogP contribution is -2.18. The van der Waals surface area contributed by atoms with E-state index in [0.717, 1.165) is 12.8 Å². The first-order valence-electron chi connectivity index (χ1n) is 4.89. The van der Waals surface area contributed by atoms with E-state index in [-0.39, 0.29) is 25.1 Å². The number of hydrogen-bond acceptors (Lipinski definition) is 3. The highest BCUT2D eigenvalue weighted by Crippen LogP contribution is 2.15. The summed E-state index contributed by atoms with van der Waals surface area (Å²) in [7, 11) is 0. The third-order valence-electron chi connectivity index (χ3n) is 2.19. The maximum absolute atomic E-state index is 11.2. The average molecular weight is 188 g/mol. The van der Waals surface area contributed by atoms with Crippen LogP contribution in [0.25, 0.3) is 0 Å². The molecule has 0 heterocycles. The Morgan fingerprint density at radius 3 is 2.54 bits per heavy atom. The Morgan fingerprint density at radius 1 is 1.46 bits per heavy atom. The number of ether oxygens (including phenoxy) is 1. The van der Waals surface area contributed by atoms with E-state index >= 15 is 0 Å². The average Bonchev–Trinajstić information content (AvgIpc) is 2.13. The topological polar surface area (TPSA) is 46.5 Å². The van der Waals surface area contributed by atoms with Gasteiger partial charge in [-0.2, -0.15) is 0 Å². The van der Waals surface area contributed by atoms with E-state index in [4.69, 9.17) is 9.84 Å². The maximum atomic E-state index is 11.2. The Kier molecular flexibility index (Phi) is 6.59. The molecule has 13 heavy (non-hydrogen) atoms. The summed E-state index contributed by atoms with van der Waals surface area (Å²) in [6, 6.07) is 0. The molecular weight excluding hydrogens is 168 g/mol. The molecule has 0 bridgehead atoms. The molecule has 0 aromatic carbocycles. The van der Waals surface area contributed by atoms with Crippen molar-refractivity contribution in [2.75, 3.05) is 13.2 Å². The molecule has 0 radical (unpaired) electrons. The van der Waals surface area contributed by atoms with Crippen LogP contribution in [0.5, 0.6) is 0 Å². The molecule has 3 nitrogen and oxygen atoms in total. The normalized spacial score (nSPS) is 15.1. The molecule has 0 rings (SSSR count). The molecule has 78 valence electrons. The van der Waals surface area contributed by atoms with Gasteiger partial charge in [-0.25, -0.2) is 0 Å². The van der Waals surface area contributed by atoms with Crippen molar-refractivity contribution in [3.05, 3.63) is 0 Å². The number of esters is 1. The zero-order chi connectivity index (χ0) is 10.3. The summed E-state index contributed by atoms with van der Waals surface area (Å²) in [6.45, 7) is 6.11. The molecule has 0 aliphatic rings. The predicted molar refractivity (Wildman–Crippen MR) is 51.3 cm³/mol. The Bertz CT molecular complexity index is 145. The first kappa shape index (κ1) is 12.4. The highest BCUT2D eigenvalue weighted by atomic mass is 16.5. The zero-order valence-electron chi connectivity index (χ0n) is 8.75. The van der Waals surface area contributed by atoms with E-state index in [9.17, 15) is 4.79 Å². The second kappa shape index (κ2) is 6.89. The van der Waals surface area contributed by atoms with Crippen molar-refractivity contribution in [3.8, 4) is 0 Å². The minimum Gasteiger partial charge on any atom is -0.463 e. The van der Waals surface area contributed by atoms with Gasteiger partial charge >= 0.3 is 5.97 Å². The molecule has 0 saturated carbocycles. The summed E-state index contributed by atoms with van der Waals surface area (Å²) < 4.78 is 4.81. The van der Waals surface area contributed by atoms with Gasteiger partial charge in [0.25, 0.3) is 0 Å². The standard InChI is InChI=1S/C10H20O3/c1-4-8(2)7-9(3)10(12)13-6-5-11/h8-9,11H,4-7H2,1-3H3. The van der Waals surface area contributed by atoms with Crippen molar-refractivity contribution in [1.82, 2.24) is 0 Å². The molecule has 0 saturated heterocycles. The number of hydrogen-bond donors (Lipinski definition) is 1. The van der Waals surface area contributed by atoms with Crippen LogP contribution in [0.4, 0.5) is 0 Å². The predicted octanol–water partition coefficient (Wildman–Crippen LogP) is 1.59. The molecular formula is C10H20O3. The van der Waals surface area contributed by atoms with Crippen LogP contribution in [0.1, 0.15) is 33.6 Å². The number of carbonyl (C=O) groups excluding carboxylic acids is 1. The minimum absolute atomic E-state index is 0.0542. The van der Waals surface area contributed by atoms with Gasteiger partial charge in [0.05, 0.1) is 12.5 Å². The van der Waals surface area contributed by atoms with E-state index in [1.165, 1.54) is 0 Å². The Morgan fingerprint density at radius 2 is 2.08 bits per heavy atom.